The van der Waals surface area contributed by atoms with Crippen LogP contribution in [0.1, 0.15) is 12.8 Å². The van der Waals surface area contributed by atoms with Crippen LogP contribution in [0.2, 0.25) is 0 Å². The van der Waals surface area contributed by atoms with Crippen LogP contribution in [0.4, 0.5) is 0 Å². The molecule has 0 radical (unpaired) electrons. The fraction of sp³-hybridized carbons (Fsp3) is 1.00. The van der Waals surface area contributed by atoms with E-state index in [2.05, 4.69) is 4.90 Å². The molecule has 0 unspecified atom stereocenters. The van der Waals surface area contributed by atoms with Gasteiger partial charge in [0, 0.05) is 19.1 Å². The number of piperidine rings is 1. The Morgan fingerprint density at radius 1 is 1.23 bits per heavy atom. The monoisotopic (exact) mass is 187 g/mol. The van der Waals surface area contributed by atoms with Gasteiger partial charge in [0.2, 0.25) is 0 Å². The van der Waals surface area contributed by atoms with E-state index in [4.69, 9.17) is 16.2 Å². The molecule has 0 aromatic heterocycles. The Hall–Kier alpha value is -0.160. The first-order chi connectivity index (χ1) is 6.33. The van der Waals surface area contributed by atoms with Gasteiger partial charge in [0.15, 0.2) is 0 Å². The molecular weight excluding hydrogens is 166 g/mol. The SMILES string of the molecule is NCCOCCN1CCC(N)CC1. The van der Waals surface area contributed by atoms with Crippen molar-refractivity contribution in [3.63, 3.8) is 0 Å². The van der Waals surface area contributed by atoms with Crippen LogP contribution in [-0.4, -0.2) is 50.3 Å². The predicted octanol–water partition coefficient (Wildman–Crippen LogP) is -0.615. The minimum atomic E-state index is 0.418. The maximum absolute atomic E-state index is 5.80. The fourth-order valence-corrected chi connectivity index (χ4v) is 1.56. The Bertz CT molecular complexity index is 124. The molecule has 0 atom stereocenters. The molecule has 0 bridgehead atoms. The third-order valence-corrected chi connectivity index (χ3v) is 2.45. The Balaban J connectivity index is 1.96. The summed E-state index contributed by atoms with van der Waals surface area (Å²) in [6, 6.07) is 0.418. The van der Waals surface area contributed by atoms with Crippen molar-refractivity contribution in [1.82, 2.24) is 4.90 Å². The molecule has 1 aliphatic heterocycles. The highest BCUT2D eigenvalue weighted by molar-refractivity contribution is 4.73. The Morgan fingerprint density at radius 2 is 1.92 bits per heavy atom. The van der Waals surface area contributed by atoms with Crippen LogP contribution >= 0.6 is 0 Å². The lowest BCUT2D eigenvalue weighted by molar-refractivity contribution is 0.0988. The summed E-state index contributed by atoms with van der Waals surface area (Å²) in [6.45, 7) is 5.34. The molecule has 4 heteroatoms. The first-order valence-electron chi connectivity index (χ1n) is 5.08. The molecule has 4 nitrogen and oxygen atoms in total. The number of hydrogen-bond acceptors (Lipinski definition) is 4. The number of rotatable bonds is 5. The maximum Gasteiger partial charge on any atom is 0.0594 e. The molecule has 1 saturated heterocycles. The van der Waals surface area contributed by atoms with Gasteiger partial charge in [0.1, 0.15) is 0 Å². The summed E-state index contributed by atoms with van der Waals surface area (Å²) in [5.41, 5.74) is 11.1. The average Bonchev–Trinajstić information content (AvgIpc) is 2.15. The first kappa shape index (κ1) is 10.9. The predicted molar refractivity (Wildman–Crippen MR) is 53.5 cm³/mol. The third-order valence-electron chi connectivity index (χ3n) is 2.45. The van der Waals surface area contributed by atoms with Crippen LogP contribution in [0.5, 0.6) is 0 Å². The topological polar surface area (TPSA) is 64.5 Å². The second-order valence-corrected chi connectivity index (χ2v) is 3.58. The Labute approximate surface area is 80.2 Å². The van der Waals surface area contributed by atoms with E-state index in [1.54, 1.807) is 0 Å². The summed E-state index contributed by atoms with van der Waals surface area (Å²) in [4.78, 5) is 2.40. The van der Waals surface area contributed by atoms with Gasteiger partial charge in [-0.3, -0.25) is 0 Å². The van der Waals surface area contributed by atoms with Crippen molar-refractivity contribution in [2.24, 2.45) is 11.5 Å². The number of ether oxygens (including phenoxy) is 1. The fourth-order valence-electron chi connectivity index (χ4n) is 1.56. The summed E-state index contributed by atoms with van der Waals surface area (Å²) in [5.74, 6) is 0. The normalized spacial score (nSPS) is 20.8. The summed E-state index contributed by atoms with van der Waals surface area (Å²) in [5, 5.41) is 0. The summed E-state index contributed by atoms with van der Waals surface area (Å²) < 4.78 is 5.31. The highest BCUT2D eigenvalue weighted by Gasteiger charge is 2.14. The van der Waals surface area contributed by atoms with Crippen molar-refractivity contribution in [2.45, 2.75) is 18.9 Å². The molecule has 0 aliphatic carbocycles. The van der Waals surface area contributed by atoms with Gasteiger partial charge in [-0.1, -0.05) is 0 Å². The van der Waals surface area contributed by atoms with Crippen LogP contribution in [-0.2, 0) is 4.74 Å². The summed E-state index contributed by atoms with van der Waals surface area (Å²) in [6.07, 6.45) is 2.24. The zero-order valence-corrected chi connectivity index (χ0v) is 8.24. The van der Waals surface area contributed by atoms with Gasteiger partial charge in [-0.25, -0.2) is 0 Å². The molecule has 1 aliphatic rings. The summed E-state index contributed by atoms with van der Waals surface area (Å²) >= 11 is 0. The van der Waals surface area contributed by atoms with Gasteiger partial charge >= 0.3 is 0 Å². The van der Waals surface area contributed by atoms with Crippen LogP contribution in [0.25, 0.3) is 0 Å². The van der Waals surface area contributed by atoms with E-state index in [1.165, 1.54) is 0 Å². The quantitative estimate of drug-likeness (QED) is 0.563. The molecule has 0 aromatic carbocycles. The summed E-state index contributed by atoms with van der Waals surface area (Å²) in [7, 11) is 0. The molecule has 0 amide bonds. The van der Waals surface area contributed by atoms with E-state index < -0.39 is 0 Å². The van der Waals surface area contributed by atoms with E-state index in [0.717, 1.165) is 39.1 Å². The van der Waals surface area contributed by atoms with Crippen LogP contribution in [0.3, 0.4) is 0 Å². The molecule has 4 N–H and O–H groups in total. The first-order valence-corrected chi connectivity index (χ1v) is 5.08. The maximum atomic E-state index is 5.80. The Morgan fingerprint density at radius 3 is 2.54 bits per heavy atom. The Kier molecular flexibility index (Phi) is 5.31. The van der Waals surface area contributed by atoms with Crippen LogP contribution in [0, 0.1) is 0 Å². The standard InChI is InChI=1S/C9H21N3O/c10-3-7-13-8-6-12-4-1-9(11)2-5-12/h9H,1-8,10-11H2. The molecule has 1 fully saturated rings. The second-order valence-electron chi connectivity index (χ2n) is 3.58. The van der Waals surface area contributed by atoms with Gasteiger partial charge in [-0.05, 0) is 25.9 Å². The molecule has 0 spiro atoms. The molecule has 1 rings (SSSR count). The van der Waals surface area contributed by atoms with E-state index >= 15 is 0 Å². The number of likely N-dealkylation sites (tertiary alicyclic amines) is 1. The van der Waals surface area contributed by atoms with Gasteiger partial charge < -0.3 is 21.1 Å². The van der Waals surface area contributed by atoms with Crippen LogP contribution in [0.15, 0.2) is 0 Å². The molecular formula is C9H21N3O. The minimum absolute atomic E-state index is 0.418. The minimum Gasteiger partial charge on any atom is -0.379 e. The van der Waals surface area contributed by atoms with Crippen molar-refractivity contribution >= 4 is 0 Å². The lowest BCUT2D eigenvalue weighted by Crippen LogP contribution is -2.41. The van der Waals surface area contributed by atoms with Gasteiger partial charge in [-0.15, -0.1) is 0 Å². The molecule has 1 heterocycles. The average molecular weight is 187 g/mol. The molecule has 0 saturated carbocycles. The third kappa shape index (κ3) is 4.57. The van der Waals surface area contributed by atoms with Crippen LogP contribution < -0.4 is 11.5 Å². The second kappa shape index (κ2) is 6.32. The van der Waals surface area contributed by atoms with Crippen molar-refractivity contribution < 1.29 is 4.74 Å². The lowest BCUT2D eigenvalue weighted by atomic mass is 10.1. The van der Waals surface area contributed by atoms with E-state index in [1.807, 2.05) is 0 Å². The smallest absolute Gasteiger partial charge is 0.0594 e. The van der Waals surface area contributed by atoms with Gasteiger partial charge in [0.05, 0.1) is 13.2 Å². The zero-order chi connectivity index (χ0) is 9.52. The van der Waals surface area contributed by atoms with Gasteiger partial charge in [0.25, 0.3) is 0 Å². The largest absolute Gasteiger partial charge is 0.379 e. The number of nitrogens with two attached hydrogens (primary N) is 2. The van der Waals surface area contributed by atoms with Crippen molar-refractivity contribution in [3.8, 4) is 0 Å². The zero-order valence-electron chi connectivity index (χ0n) is 8.24. The van der Waals surface area contributed by atoms with E-state index in [-0.39, 0.29) is 0 Å². The van der Waals surface area contributed by atoms with Crippen molar-refractivity contribution in [3.05, 3.63) is 0 Å². The highest BCUT2D eigenvalue weighted by atomic mass is 16.5. The molecule has 13 heavy (non-hydrogen) atoms. The molecule has 0 aromatic rings. The molecule has 78 valence electrons. The van der Waals surface area contributed by atoms with E-state index in [9.17, 15) is 0 Å². The van der Waals surface area contributed by atoms with Gasteiger partial charge in [-0.2, -0.15) is 0 Å². The van der Waals surface area contributed by atoms with Crippen molar-refractivity contribution in [1.29, 1.82) is 0 Å². The van der Waals surface area contributed by atoms with Crippen molar-refractivity contribution in [2.75, 3.05) is 39.4 Å². The number of nitrogens with zero attached hydrogens (tertiary/aromatic N) is 1. The lowest BCUT2D eigenvalue weighted by Gasteiger charge is -2.29. The number of hydrogen-bond donors (Lipinski definition) is 2. The van der Waals surface area contributed by atoms with E-state index in [0.29, 0.717) is 19.2 Å². The highest BCUT2D eigenvalue weighted by Crippen LogP contribution is 2.06.